The predicted molar refractivity (Wildman–Crippen MR) is 67.8 cm³/mol. The highest BCUT2D eigenvalue weighted by Crippen LogP contribution is 2.35. The van der Waals surface area contributed by atoms with Crippen molar-refractivity contribution in [3.8, 4) is 0 Å². The van der Waals surface area contributed by atoms with Crippen molar-refractivity contribution in [3.05, 3.63) is 35.4 Å². The van der Waals surface area contributed by atoms with E-state index in [1.54, 1.807) is 0 Å². The minimum absolute atomic E-state index is 0.645. The summed E-state index contributed by atoms with van der Waals surface area (Å²) in [4.78, 5) is 13.9. The number of rotatable bonds is 2. The molecule has 3 nitrogen and oxygen atoms in total. The number of halogens is 1. The smallest absolute Gasteiger partial charge is 0.299 e. The van der Waals surface area contributed by atoms with Gasteiger partial charge in [0.25, 0.3) is 0 Å². The molecule has 0 unspecified atom stereocenters. The van der Waals surface area contributed by atoms with Crippen LogP contribution < -0.4 is 0 Å². The van der Waals surface area contributed by atoms with Gasteiger partial charge in [0, 0.05) is 0 Å². The number of benzene rings is 1. The molecule has 0 amide bonds. The van der Waals surface area contributed by atoms with Gasteiger partial charge in [-0.3, -0.25) is 9.79 Å². The maximum absolute atomic E-state index is 10.4. The third-order valence-electron chi connectivity index (χ3n) is 2.27. The van der Waals surface area contributed by atoms with Crippen molar-refractivity contribution in [3.63, 3.8) is 0 Å². The highest BCUT2D eigenvalue weighted by molar-refractivity contribution is 7.45. The van der Waals surface area contributed by atoms with Crippen molar-refractivity contribution >= 4 is 7.91 Å². The first-order chi connectivity index (χ1) is 7.61. The van der Waals surface area contributed by atoms with E-state index in [2.05, 4.69) is 52.0 Å². The summed E-state index contributed by atoms with van der Waals surface area (Å²) in [5.41, 5.74) is 2.86. The Labute approximate surface area is 102 Å². The summed E-state index contributed by atoms with van der Waals surface area (Å²) in [6.45, 7) is 8.91. The van der Waals surface area contributed by atoms with Crippen LogP contribution in [-0.2, 0) is 4.57 Å². The van der Waals surface area contributed by atoms with Gasteiger partial charge in [-0.25, -0.2) is 4.57 Å². The molecular weight excluding hydrogens is 242 g/mol. The maximum atomic E-state index is 10.4. The Morgan fingerprint density at radius 2 is 1.12 bits per heavy atom. The van der Waals surface area contributed by atoms with Gasteiger partial charge in [-0.1, -0.05) is 52.0 Å². The molecule has 0 aliphatic heterocycles. The normalized spacial score (nSPS) is 11.4. The Morgan fingerprint density at radius 1 is 0.941 bits per heavy atom. The molecule has 0 heterocycles. The molecule has 0 atom stereocenters. The van der Waals surface area contributed by atoms with Crippen LogP contribution in [0.4, 0.5) is 4.20 Å². The largest absolute Gasteiger partial charge is 0.507 e. The van der Waals surface area contributed by atoms with E-state index in [0.717, 1.165) is 0 Å². The summed E-state index contributed by atoms with van der Waals surface area (Å²) in [5, 5.41) is 0. The lowest BCUT2D eigenvalue weighted by atomic mass is 9.97. The molecule has 0 aliphatic carbocycles. The van der Waals surface area contributed by atoms with Crippen LogP contribution in [0, 0.1) is 0 Å². The van der Waals surface area contributed by atoms with E-state index in [4.69, 9.17) is 14.4 Å². The molecule has 0 saturated carbocycles. The second-order valence-electron chi connectivity index (χ2n) is 4.45. The van der Waals surface area contributed by atoms with Crippen LogP contribution in [0.3, 0.4) is 0 Å². The van der Waals surface area contributed by atoms with Crippen molar-refractivity contribution in [1.29, 1.82) is 0 Å². The van der Waals surface area contributed by atoms with Crippen molar-refractivity contribution in [2.45, 2.75) is 39.5 Å². The molecule has 0 saturated heterocycles. The fourth-order valence-corrected chi connectivity index (χ4v) is 1.27. The monoisotopic (exact) mass is 262 g/mol. The molecule has 0 radical (unpaired) electrons. The van der Waals surface area contributed by atoms with Crippen molar-refractivity contribution in [1.82, 2.24) is 0 Å². The van der Waals surface area contributed by atoms with E-state index >= 15 is 0 Å². The van der Waals surface area contributed by atoms with Gasteiger partial charge in [0.05, 0.1) is 0 Å². The van der Waals surface area contributed by atoms with E-state index in [9.17, 15) is 4.20 Å². The zero-order valence-corrected chi connectivity index (χ0v) is 11.5. The fraction of sp³-hybridized carbons (Fsp3) is 0.500. The lowest BCUT2D eigenvalue weighted by Crippen LogP contribution is -1.90. The summed E-state index contributed by atoms with van der Waals surface area (Å²) in [6.07, 6.45) is 0. The van der Waals surface area contributed by atoms with Crippen LogP contribution in [0.2, 0.25) is 0 Å². The van der Waals surface area contributed by atoms with Crippen LogP contribution in [0.25, 0.3) is 0 Å². The highest BCUT2D eigenvalue weighted by Gasteiger charge is 2.04. The Kier molecular flexibility index (Phi) is 6.61. The summed E-state index contributed by atoms with van der Waals surface area (Å²) in [5.74, 6) is 1.29. The molecule has 0 spiro atoms. The SMILES string of the molecule is CC(C)c1ccc(C(C)C)cc1.O=P(O)(O)F. The highest BCUT2D eigenvalue weighted by atomic mass is 31.2. The van der Waals surface area contributed by atoms with Gasteiger partial charge in [-0.05, 0) is 23.0 Å². The zero-order chi connectivity index (χ0) is 13.6. The standard InChI is InChI=1S/C12H18.FH2O3P/c1-9(2)11-5-7-12(8-6-11)10(3)4;1-5(2,3)4/h5-10H,1-4H3;(H2,2,3,4). The fourth-order valence-electron chi connectivity index (χ4n) is 1.27. The lowest BCUT2D eigenvalue weighted by molar-refractivity contribution is 0.322. The molecule has 2 N–H and O–H groups in total. The van der Waals surface area contributed by atoms with E-state index in [1.807, 2.05) is 0 Å². The van der Waals surface area contributed by atoms with Crippen LogP contribution in [0.1, 0.15) is 50.7 Å². The average molecular weight is 262 g/mol. The minimum Gasteiger partial charge on any atom is -0.299 e. The Balaban J connectivity index is 0.000000437. The second kappa shape index (κ2) is 6.90. The molecule has 0 aliphatic rings. The van der Waals surface area contributed by atoms with Gasteiger partial charge in [0.2, 0.25) is 0 Å². The average Bonchev–Trinajstić information content (AvgIpc) is 2.15. The molecule has 5 heteroatoms. The second-order valence-corrected chi connectivity index (χ2v) is 5.39. The summed E-state index contributed by atoms with van der Waals surface area (Å²) in [7, 11) is -5.14. The van der Waals surface area contributed by atoms with Crippen molar-refractivity contribution < 1.29 is 18.5 Å². The van der Waals surface area contributed by atoms with Crippen LogP contribution in [-0.4, -0.2) is 9.79 Å². The topological polar surface area (TPSA) is 57.5 Å². The van der Waals surface area contributed by atoms with E-state index < -0.39 is 7.91 Å². The van der Waals surface area contributed by atoms with Gasteiger partial charge >= 0.3 is 7.91 Å². The molecule has 17 heavy (non-hydrogen) atoms. The zero-order valence-electron chi connectivity index (χ0n) is 10.6. The molecule has 0 fully saturated rings. The third-order valence-corrected chi connectivity index (χ3v) is 2.27. The number of hydrogen-bond donors (Lipinski definition) is 2. The van der Waals surface area contributed by atoms with Crippen molar-refractivity contribution in [2.24, 2.45) is 0 Å². The van der Waals surface area contributed by atoms with Crippen LogP contribution in [0.15, 0.2) is 24.3 Å². The van der Waals surface area contributed by atoms with E-state index in [-0.39, 0.29) is 0 Å². The van der Waals surface area contributed by atoms with Gasteiger partial charge in [0.15, 0.2) is 0 Å². The first-order valence-electron chi connectivity index (χ1n) is 5.46. The first-order valence-corrected chi connectivity index (χ1v) is 6.96. The predicted octanol–water partition coefficient (Wildman–Crippen LogP) is 3.98. The quantitative estimate of drug-likeness (QED) is 0.792. The Morgan fingerprint density at radius 3 is 1.24 bits per heavy atom. The van der Waals surface area contributed by atoms with Crippen LogP contribution in [0.5, 0.6) is 0 Å². The molecule has 1 rings (SSSR count). The third kappa shape index (κ3) is 9.04. The molecule has 1 aromatic rings. The number of hydrogen-bond acceptors (Lipinski definition) is 1. The molecule has 0 aromatic heterocycles. The Bertz CT molecular complexity index is 333. The van der Waals surface area contributed by atoms with Gasteiger partial charge in [-0.15, -0.1) is 4.20 Å². The van der Waals surface area contributed by atoms with Gasteiger partial charge < -0.3 is 0 Å². The molecule has 1 aromatic carbocycles. The van der Waals surface area contributed by atoms with Crippen LogP contribution >= 0.6 is 7.91 Å². The van der Waals surface area contributed by atoms with Gasteiger partial charge in [0.1, 0.15) is 0 Å². The molecule has 98 valence electrons. The molecular formula is C12H20FO3P. The summed E-state index contributed by atoms with van der Waals surface area (Å²) < 4.78 is 19.0. The summed E-state index contributed by atoms with van der Waals surface area (Å²) in [6, 6.07) is 8.94. The molecule has 0 bridgehead atoms. The van der Waals surface area contributed by atoms with E-state index in [1.165, 1.54) is 11.1 Å². The maximum Gasteiger partial charge on any atom is 0.507 e. The lowest BCUT2D eigenvalue weighted by Gasteiger charge is -2.08. The summed E-state index contributed by atoms with van der Waals surface area (Å²) >= 11 is 0. The Hall–Kier alpha value is -0.700. The van der Waals surface area contributed by atoms with Crippen molar-refractivity contribution in [2.75, 3.05) is 0 Å². The first kappa shape index (κ1) is 16.3. The van der Waals surface area contributed by atoms with Gasteiger partial charge in [-0.2, -0.15) is 0 Å². The van der Waals surface area contributed by atoms with E-state index in [0.29, 0.717) is 11.8 Å². The minimum atomic E-state index is -5.14.